The van der Waals surface area contributed by atoms with Gasteiger partial charge in [-0.1, -0.05) is 76.0 Å². The van der Waals surface area contributed by atoms with E-state index in [4.69, 9.17) is 4.74 Å². The highest BCUT2D eigenvalue weighted by Gasteiger charge is 2.69. The molecule has 0 aliphatic heterocycles. The lowest BCUT2D eigenvalue weighted by Gasteiger charge is -2.71. The van der Waals surface area contributed by atoms with Crippen LogP contribution >= 0.6 is 15.9 Å². The quantitative estimate of drug-likeness (QED) is 0.142. The smallest absolute Gasteiger partial charge is 0.312 e. The summed E-state index contributed by atoms with van der Waals surface area (Å²) in [7, 11) is 0. The van der Waals surface area contributed by atoms with E-state index in [1.54, 1.807) is 5.57 Å². The van der Waals surface area contributed by atoms with Gasteiger partial charge in [0.05, 0.1) is 18.1 Å². The number of fused-ring (bicyclic) bond motifs is 7. The van der Waals surface area contributed by atoms with Gasteiger partial charge in [-0.2, -0.15) is 0 Å². The van der Waals surface area contributed by atoms with Crippen molar-refractivity contribution in [3.05, 3.63) is 11.6 Å². The van der Waals surface area contributed by atoms with Crippen molar-refractivity contribution in [2.24, 2.45) is 50.2 Å². The van der Waals surface area contributed by atoms with Gasteiger partial charge in [0, 0.05) is 5.33 Å². The highest BCUT2D eigenvalue weighted by Crippen LogP contribution is 2.75. The topological polar surface area (TPSA) is 46.5 Å². The Hall–Kier alpha value is -0.350. The van der Waals surface area contributed by atoms with Crippen LogP contribution < -0.4 is 0 Å². The zero-order valence-electron chi connectivity index (χ0n) is 26.1. The van der Waals surface area contributed by atoms with Crippen LogP contribution in [0.15, 0.2) is 11.6 Å². The Balaban J connectivity index is 1.48. The number of carbonyl (C=O) groups is 1. The van der Waals surface area contributed by atoms with Gasteiger partial charge in [0.2, 0.25) is 0 Å². The van der Waals surface area contributed by atoms with Crippen molar-refractivity contribution in [1.82, 2.24) is 0 Å². The number of alkyl halides is 1. The summed E-state index contributed by atoms with van der Waals surface area (Å²) in [6.07, 6.45) is 16.6. The van der Waals surface area contributed by atoms with Crippen LogP contribution in [0.3, 0.4) is 0 Å². The Morgan fingerprint density at radius 1 is 0.923 bits per heavy atom. The second-order valence-electron chi connectivity index (χ2n) is 16.6. The van der Waals surface area contributed by atoms with Gasteiger partial charge < -0.3 is 9.84 Å². The molecule has 0 bridgehead atoms. The first-order valence-corrected chi connectivity index (χ1v) is 17.4. The SMILES string of the molecule is CC1(C)CCC2(C(=O)OCCCCCBr)CCC3(C)C(=CCC4C5(C)CCC(O)C(C)(C)C5CCC43C)C2C1. The average Bonchev–Trinajstić information content (AvgIpc) is 2.86. The molecule has 5 aliphatic rings. The van der Waals surface area contributed by atoms with Crippen LogP contribution in [0.1, 0.15) is 132 Å². The van der Waals surface area contributed by atoms with E-state index in [0.717, 1.165) is 76.0 Å². The predicted octanol–water partition coefficient (Wildman–Crippen LogP) is 9.26. The standard InChI is InChI=1S/C35H57BrO3/c1-30(2)17-19-35(29(38)39-22-10-8-9-21-36)20-18-33(6)24(25(35)23-30)11-12-27-32(5)15-14-28(37)31(3,4)26(32)13-16-34(27,33)7/h11,25-28,37H,8-10,12-23H2,1-7H3. The summed E-state index contributed by atoms with van der Waals surface area (Å²) in [5.41, 5.74) is 2.14. The fourth-order valence-corrected chi connectivity index (χ4v) is 11.7. The molecule has 5 rings (SSSR count). The number of ether oxygens (including phenoxy) is 1. The molecule has 0 aromatic heterocycles. The first-order chi connectivity index (χ1) is 18.2. The lowest BCUT2D eigenvalue weighted by molar-refractivity contribution is -0.206. The van der Waals surface area contributed by atoms with Crippen LogP contribution in [0.4, 0.5) is 0 Å². The molecule has 39 heavy (non-hydrogen) atoms. The second kappa shape index (κ2) is 10.1. The number of hydrogen-bond donors (Lipinski definition) is 1. The fourth-order valence-electron chi connectivity index (χ4n) is 11.3. The molecular weight excluding hydrogens is 548 g/mol. The second-order valence-corrected chi connectivity index (χ2v) is 17.4. The minimum atomic E-state index is -0.336. The Labute approximate surface area is 247 Å². The first-order valence-electron chi connectivity index (χ1n) is 16.3. The maximum absolute atomic E-state index is 14.0. The van der Waals surface area contributed by atoms with Crippen LogP contribution in [-0.2, 0) is 9.53 Å². The number of rotatable bonds is 6. The number of aliphatic hydroxyl groups excluding tert-OH is 1. The maximum Gasteiger partial charge on any atom is 0.312 e. The van der Waals surface area contributed by atoms with E-state index < -0.39 is 0 Å². The zero-order valence-corrected chi connectivity index (χ0v) is 27.7. The van der Waals surface area contributed by atoms with Crippen molar-refractivity contribution in [1.29, 1.82) is 0 Å². The van der Waals surface area contributed by atoms with E-state index in [2.05, 4.69) is 70.5 Å². The molecule has 8 atom stereocenters. The maximum atomic E-state index is 14.0. The van der Waals surface area contributed by atoms with Gasteiger partial charge in [-0.05, 0) is 128 Å². The summed E-state index contributed by atoms with van der Waals surface area (Å²) >= 11 is 3.52. The van der Waals surface area contributed by atoms with Crippen molar-refractivity contribution in [2.45, 2.75) is 138 Å². The van der Waals surface area contributed by atoms with E-state index in [1.165, 1.54) is 12.8 Å². The van der Waals surface area contributed by atoms with Gasteiger partial charge in [-0.3, -0.25) is 4.79 Å². The third kappa shape index (κ3) is 4.45. The molecule has 8 unspecified atom stereocenters. The molecule has 0 aromatic carbocycles. The highest BCUT2D eigenvalue weighted by molar-refractivity contribution is 9.09. The van der Waals surface area contributed by atoms with Crippen molar-refractivity contribution in [3.8, 4) is 0 Å². The van der Waals surface area contributed by atoms with E-state index in [-0.39, 0.29) is 44.6 Å². The molecular formula is C35H57BrO3. The van der Waals surface area contributed by atoms with E-state index in [1.807, 2.05) is 0 Å². The third-order valence-electron chi connectivity index (χ3n) is 14.0. The molecule has 0 aromatic rings. The summed E-state index contributed by atoms with van der Waals surface area (Å²) in [4.78, 5) is 14.0. The van der Waals surface area contributed by atoms with E-state index in [0.29, 0.717) is 24.4 Å². The number of esters is 1. The fraction of sp³-hybridized carbons (Fsp3) is 0.914. The van der Waals surface area contributed by atoms with Gasteiger partial charge in [0.15, 0.2) is 0 Å². The molecule has 1 N–H and O–H groups in total. The molecule has 5 aliphatic carbocycles. The number of halogens is 1. The van der Waals surface area contributed by atoms with Crippen molar-refractivity contribution < 1.29 is 14.6 Å². The summed E-state index contributed by atoms with van der Waals surface area (Å²) in [5, 5.41) is 12.0. The van der Waals surface area contributed by atoms with Gasteiger partial charge in [-0.25, -0.2) is 0 Å². The van der Waals surface area contributed by atoms with Crippen LogP contribution in [0.2, 0.25) is 0 Å². The van der Waals surface area contributed by atoms with Gasteiger partial charge in [0.25, 0.3) is 0 Å². The molecule has 3 nitrogen and oxygen atoms in total. The molecule has 0 radical (unpaired) electrons. The van der Waals surface area contributed by atoms with Crippen molar-refractivity contribution in [3.63, 3.8) is 0 Å². The summed E-state index contributed by atoms with van der Waals surface area (Å²) in [6, 6.07) is 0. The van der Waals surface area contributed by atoms with Crippen LogP contribution in [0.25, 0.3) is 0 Å². The summed E-state index contributed by atoms with van der Waals surface area (Å²) < 4.78 is 6.12. The molecule has 4 saturated carbocycles. The molecule has 0 heterocycles. The van der Waals surface area contributed by atoms with E-state index >= 15 is 0 Å². The Morgan fingerprint density at radius 2 is 1.64 bits per heavy atom. The highest BCUT2D eigenvalue weighted by atomic mass is 79.9. The van der Waals surface area contributed by atoms with Crippen LogP contribution in [-0.4, -0.2) is 29.1 Å². The monoisotopic (exact) mass is 604 g/mol. The van der Waals surface area contributed by atoms with Crippen LogP contribution in [0.5, 0.6) is 0 Å². The van der Waals surface area contributed by atoms with Crippen molar-refractivity contribution in [2.75, 3.05) is 11.9 Å². The number of allylic oxidation sites excluding steroid dienone is 2. The number of carbonyl (C=O) groups excluding carboxylic acids is 1. The lowest BCUT2D eigenvalue weighted by Crippen LogP contribution is -2.65. The average molecular weight is 606 g/mol. The van der Waals surface area contributed by atoms with Gasteiger partial charge >= 0.3 is 5.97 Å². The Kier molecular flexibility index (Phi) is 7.82. The molecule has 222 valence electrons. The minimum Gasteiger partial charge on any atom is -0.465 e. The Morgan fingerprint density at radius 3 is 2.36 bits per heavy atom. The number of unbranched alkanes of at least 4 members (excludes halogenated alkanes) is 2. The lowest BCUT2D eigenvalue weighted by atomic mass is 9.33. The largest absolute Gasteiger partial charge is 0.465 e. The molecule has 0 amide bonds. The number of hydrogen-bond acceptors (Lipinski definition) is 3. The molecule has 0 spiro atoms. The summed E-state index contributed by atoms with van der Waals surface area (Å²) in [5.74, 6) is 1.62. The van der Waals surface area contributed by atoms with Gasteiger partial charge in [-0.15, -0.1) is 0 Å². The predicted molar refractivity (Wildman–Crippen MR) is 164 cm³/mol. The van der Waals surface area contributed by atoms with Crippen molar-refractivity contribution >= 4 is 21.9 Å². The van der Waals surface area contributed by atoms with Crippen LogP contribution in [0, 0.1) is 50.2 Å². The molecule has 4 heteroatoms. The molecule has 4 fully saturated rings. The summed E-state index contributed by atoms with van der Waals surface area (Å²) in [6.45, 7) is 17.9. The van der Waals surface area contributed by atoms with E-state index in [9.17, 15) is 9.90 Å². The first kappa shape index (κ1) is 30.1. The molecule has 0 saturated heterocycles. The zero-order chi connectivity index (χ0) is 28.5. The minimum absolute atomic E-state index is 0.0212. The number of aliphatic hydroxyl groups is 1. The van der Waals surface area contributed by atoms with Gasteiger partial charge in [0.1, 0.15) is 0 Å². The normalized spacial score (nSPS) is 46.1. The third-order valence-corrected chi connectivity index (χ3v) is 14.6. The Bertz CT molecular complexity index is 984.